The molecule has 0 aliphatic rings. The van der Waals surface area contributed by atoms with Crippen molar-refractivity contribution in [2.75, 3.05) is 11.9 Å². The Morgan fingerprint density at radius 1 is 1.33 bits per heavy atom. The highest BCUT2D eigenvalue weighted by Crippen LogP contribution is 2.38. The second kappa shape index (κ2) is 6.69. The Kier molecular flexibility index (Phi) is 5.21. The molecular formula is C14H16F3N3O2S2. The van der Waals surface area contributed by atoms with Gasteiger partial charge in [0.15, 0.2) is 0 Å². The summed E-state index contributed by atoms with van der Waals surface area (Å²) in [6.07, 6.45) is -2.32. The lowest BCUT2D eigenvalue weighted by atomic mass is 10.1. The number of rotatable bonds is 5. The number of nitrogens with two attached hydrogens (primary N) is 1. The van der Waals surface area contributed by atoms with Crippen LogP contribution in [0, 0.1) is 0 Å². The summed E-state index contributed by atoms with van der Waals surface area (Å²) in [5, 5.41) is 5.82. The molecule has 24 heavy (non-hydrogen) atoms. The van der Waals surface area contributed by atoms with Gasteiger partial charge in [-0.25, -0.2) is 18.5 Å². The molecule has 0 spiro atoms. The van der Waals surface area contributed by atoms with Gasteiger partial charge >= 0.3 is 6.18 Å². The number of thiazole rings is 1. The summed E-state index contributed by atoms with van der Waals surface area (Å²) in [7, 11) is -2.71. The van der Waals surface area contributed by atoms with E-state index < -0.39 is 26.7 Å². The van der Waals surface area contributed by atoms with Crippen molar-refractivity contribution >= 4 is 27.0 Å². The number of aromatic nitrogens is 1. The molecule has 0 saturated heterocycles. The second-order valence-electron chi connectivity index (χ2n) is 5.15. The number of aryl methyl sites for hydroxylation is 1. The molecule has 0 amide bonds. The van der Waals surface area contributed by atoms with Gasteiger partial charge in [-0.2, -0.15) is 13.2 Å². The SMILES string of the molecule is CCc1ncc(CN(C)c2ccc(S(N)(=O)=O)cc2C(F)(F)F)s1. The van der Waals surface area contributed by atoms with Gasteiger partial charge in [0.2, 0.25) is 10.0 Å². The fraction of sp³-hybridized carbons (Fsp3) is 0.357. The van der Waals surface area contributed by atoms with Gasteiger partial charge in [-0.3, -0.25) is 0 Å². The third-order valence-corrected chi connectivity index (χ3v) is 5.35. The fourth-order valence-corrected chi connectivity index (χ4v) is 3.61. The fourth-order valence-electron chi connectivity index (χ4n) is 2.16. The first kappa shape index (κ1) is 18.7. The van der Waals surface area contributed by atoms with Gasteiger partial charge < -0.3 is 4.90 Å². The van der Waals surface area contributed by atoms with Crippen molar-refractivity contribution in [1.82, 2.24) is 4.98 Å². The van der Waals surface area contributed by atoms with Crippen molar-refractivity contribution in [2.24, 2.45) is 5.14 Å². The first-order valence-electron chi connectivity index (χ1n) is 6.91. The molecule has 0 aliphatic carbocycles. The number of benzene rings is 1. The topological polar surface area (TPSA) is 76.3 Å². The van der Waals surface area contributed by atoms with Gasteiger partial charge in [0.1, 0.15) is 0 Å². The zero-order chi connectivity index (χ0) is 18.1. The number of hydrogen-bond donors (Lipinski definition) is 1. The number of hydrogen-bond acceptors (Lipinski definition) is 5. The van der Waals surface area contributed by atoms with Crippen LogP contribution in [-0.2, 0) is 29.2 Å². The average Bonchev–Trinajstić information content (AvgIpc) is 2.92. The molecule has 10 heteroatoms. The molecule has 1 heterocycles. The quantitative estimate of drug-likeness (QED) is 0.866. The van der Waals surface area contributed by atoms with Crippen LogP contribution in [0.25, 0.3) is 0 Å². The zero-order valence-electron chi connectivity index (χ0n) is 13.0. The van der Waals surface area contributed by atoms with Crippen LogP contribution in [0.5, 0.6) is 0 Å². The Morgan fingerprint density at radius 2 is 2.00 bits per heavy atom. The monoisotopic (exact) mass is 379 g/mol. The first-order chi connectivity index (χ1) is 11.0. The van der Waals surface area contributed by atoms with Crippen LogP contribution in [0.3, 0.4) is 0 Å². The third-order valence-electron chi connectivity index (χ3n) is 3.31. The van der Waals surface area contributed by atoms with Crippen molar-refractivity contribution in [2.45, 2.75) is 31.0 Å². The Morgan fingerprint density at radius 3 is 2.50 bits per heavy atom. The molecule has 0 aliphatic heterocycles. The molecule has 2 rings (SSSR count). The minimum Gasteiger partial charge on any atom is -0.369 e. The van der Waals surface area contributed by atoms with Crippen molar-refractivity contribution < 1.29 is 21.6 Å². The highest BCUT2D eigenvalue weighted by molar-refractivity contribution is 7.89. The number of halogens is 3. The van der Waals surface area contributed by atoms with E-state index in [2.05, 4.69) is 4.98 Å². The van der Waals surface area contributed by atoms with Gasteiger partial charge in [0.05, 0.1) is 22.0 Å². The van der Waals surface area contributed by atoms with Crippen molar-refractivity contribution in [3.63, 3.8) is 0 Å². The van der Waals surface area contributed by atoms with E-state index in [1.165, 1.54) is 23.3 Å². The average molecular weight is 379 g/mol. The smallest absolute Gasteiger partial charge is 0.369 e. The largest absolute Gasteiger partial charge is 0.418 e. The van der Waals surface area contributed by atoms with E-state index in [9.17, 15) is 21.6 Å². The predicted molar refractivity (Wildman–Crippen MR) is 86.4 cm³/mol. The maximum absolute atomic E-state index is 13.3. The van der Waals surface area contributed by atoms with Crippen LogP contribution >= 0.6 is 11.3 Å². The van der Waals surface area contributed by atoms with E-state index in [-0.39, 0.29) is 12.2 Å². The van der Waals surface area contributed by atoms with Crippen LogP contribution in [0.1, 0.15) is 22.4 Å². The number of sulfonamides is 1. The number of primary sulfonamides is 1. The molecule has 1 aromatic carbocycles. The molecular weight excluding hydrogens is 363 g/mol. The van der Waals surface area contributed by atoms with E-state index in [0.717, 1.165) is 28.4 Å². The van der Waals surface area contributed by atoms with Crippen LogP contribution in [0.2, 0.25) is 0 Å². The Bertz CT molecular complexity index is 832. The van der Waals surface area contributed by atoms with Gasteiger partial charge in [0.25, 0.3) is 0 Å². The molecule has 0 unspecified atom stereocenters. The maximum Gasteiger partial charge on any atom is 0.418 e. The highest BCUT2D eigenvalue weighted by Gasteiger charge is 2.35. The Labute approximate surface area is 142 Å². The summed E-state index contributed by atoms with van der Waals surface area (Å²) in [6.45, 7) is 2.18. The van der Waals surface area contributed by atoms with Crippen LogP contribution in [0.15, 0.2) is 29.3 Å². The molecule has 1 aromatic heterocycles. The second-order valence-corrected chi connectivity index (χ2v) is 7.91. The summed E-state index contributed by atoms with van der Waals surface area (Å²) in [5.41, 5.74) is -1.17. The molecule has 0 saturated carbocycles. The lowest BCUT2D eigenvalue weighted by molar-refractivity contribution is -0.137. The lowest BCUT2D eigenvalue weighted by Gasteiger charge is -2.23. The Balaban J connectivity index is 2.41. The van der Waals surface area contributed by atoms with Crippen LogP contribution in [0.4, 0.5) is 18.9 Å². The maximum atomic E-state index is 13.3. The predicted octanol–water partition coefficient (Wildman–Crippen LogP) is 3.01. The third kappa shape index (κ3) is 4.25. The lowest BCUT2D eigenvalue weighted by Crippen LogP contribution is -2.22. The highest BCUT2D eigenvalue weighted by atomic mass is 32.2. The normalized spacial score (nSPS) is 12.4. The molecule has 0 bridgehead atoms. The minimum absolute atomic E-state index is 0.124. The van der Waals surface area contributed by atoms with Crippen molar-refractivity contribution in [1.29, 1.82) is 0 Å². The molecule has 0 atom stereocenters. The molecule has 132 valence electrons. The minimum atomic E-state index is -4.70. The summed E-state index contributed by atoms with van der Waals surface area (Å²) >= 11 is 1.43. The van der Waals surface area contributed by atoms with E-state index in [1.807, 2.05) is 6.92 Å². The summed E-state index contributed by atoms with van der Waals surface area (Å²) in [4.78, 5) is 5.82. The van der Waals surface area contributed by atoms with E-state index >= 15 is 0 Å². The summed E-state index contributed by atoms with van der Waals surface area (Å²) in [5.74, 6) is 0. The standard InChI is InChI=1S/C14H16F3N3O2S2/c1-3-13-19-7-9(23-13)8-20(2)12-5-4-10(24(18,21)22)6-11(12)14(15,16)17/h4-7H,3,8H2,1-2H3,(H2,18,21,22). The van der Waals surface area contributed by atoms with E-state index in [0.29, 0.717) is 6.07 Å². The molecule has 2 aromatic rings. The van der Waals surface area contributed by atoms with Gasteiger partial charge in [-0.05, 0) is 24.6 Å². The van der Waals surface area contributed by atoms with Gasteiger partial charge in [-0.15, -0.1) is 11.3 Å². The zero-order valence-corrected chi connectivity index (χ0v) is 14.6. The van der Waals surface area contributed by atoms with Gasteiger partial charge in [-0.1, -0.05) is 6.92 Å². The summed E-state index contributed by atoms with van der Waals surface area (Å²) in [6, 6.07) is 2.75. The molecule has 5 nitrogen and oxygen atoms in total. The number of nitrogens with zero attached hydrogens (tertiary/aromatic N) is 2. The molecule has 0 radical (unpaired) electrons. The van der Waals surface area contributed by atoms with Crippen molar-refractivity contribution in [3.8, 4) is 0 Å². The number of alkyl halides is 3. The molecule has 2 N–H and O–H groups in total. The van der Waals surface area contributed by atoms with Crippen LogP contribution < -0.4 is 10.0 Å². The Hall–Kier alpha value is -1.65. The summed E-state index contributed by atoms with van der Waals surface area (Å²) < 4.78 is 62.5. The molecule has 0 fully saturated rings. The van der Waals surface area contributed by atoms with E-state index in [1.54, 1.807) is 6.20 Å². The van der Waals surface area contributed by atoms with Crippen LogP contribution in [-0.4, -0.2) is 20.4 Å². The first-order valence-corrected chi connectivity index (χ1v) is 9.27. The van der Waals surface area contributed by atoms with E-state index in [4.69, 9.17) is 5.14 Å². The van der Waals surface area contributed by atoms with Gasteiger partial charge in [0, 0.05) is 23.8 Å². The van der Waals surface area contributed by atoms with Crippen molar-refractivity contribution in [3.05, 3.63) is 39.8 Å². The number of anilines is 1.